The third-order valence-electron chi connectivity index (χ3n) is 5.93. The van der Waals surface area contributed by atoms with Gasteiger partial charge in [0, 0.05) is 12.6 Å². The highest BCUT2D eigenvalue weighted by Crippen LogP contribution is 2.29. The largest absolute Gasteiger partial charge is 0.508 e. The van der Waals surface area contributed by atoms with Crippen molar-refractivity contribution in [2.24, 2.45) is 11.7 Å². The van der Waals surface area contributed by atoms with Crippen molar-refractivity contribution < 1.29 is 38.6 Å². The lowest BCUT2D eigenvalue weighted by Gasteiger charge is -2.38. The molecule has 4 amide bonds. The van der Waals surface area contributed by atoms with Crippen LogP contribution in [-0.2, 0) is 28.7 Å². The minimum Gasteiger partial charge on any atom is -0.508 e. The molecular weight excluding hydrogens is 532 g/mol. The molecule has 41 heavy (non-hydrogen) atoms. The van der Waals surface area contributed by atoms with Crippen molar-refractivity contribution in [1.29, 1.82) is 0 Å². The van der Waals surface area contributed by atoms with Gasteiger partial charge in [-0.1, -0.05) is 26.0 Å². The summed E-state index contributed by atoms with van der Waals surface area (Å²) < 4.78 is 10.2. The van der Waals surface area contributed by atoms with E-state index >= 15 is 0 Å². The van der Waals surface area contributed by atoms with Gasteiger partial charge in [-0.25, -0.2) is 4.79 Å². The number of ether oxygens (including phenoxy) is 2. The maximum atomic E-state index is 14.2. The molecule has 0 radical (unpaired) electrons. The van der Waals surface area contributed by atoms with Crippen LogP contribution in [0.25, 0.3) is 0 Å². The summed E-state index contributed by atoms with van der Waals surface area (Å²) in [5.74, 6) is -2.55. The number of hydrogen-bond acceptors (Lipinski definition) is 8. The predicted molar refractivity (Wildman–Crippen MR) is 152 cm³/mol. The Bertz CT molecular complexity index is 1050. The number of hydrogen-bond donors (Lipinski definition) is 4. The smallest absolute Gasteiger partial charge is 0.408 e. The molecule has 12 nitrogen and oxygen atoms in total. The molecular formula is C29H46N4O8. The molecule has 0 bridgehead atoms. The van der Waals surface area contributed by atoms with Gasteiger partial charge in [-0.3, -0.25) is 19.2 Å². The van der Waals surface area contributed by atoms with E-state index in [-0.39, 0.29) is 31.2 Å². The average Bonchev–Trinajstić information content (AvgIpc) is 2.83. The van der Waals surface area contributed by atoms with Crippen LogP contribution in [0.4, 0.5) is 4.79 Å². The number of amides is 4. The maximum absolute atomic E-state index is 14.2. The fraction of sp³-hybridized carbons (Fsp3) is 0.621. The van der Waals surface area contributed by atoms with Crippen molar-refractivity contribution in [1.82, 2.24) is 15.5 Å². The van der Waals surface area contributed by atoms with Crippen molar-refractivity contribution in [2.45, 2.75) is 97.9 Å². The van der Waals surface area contributed by atoms with Gasteiger partial charge in [0.15, 0.2) is 0 Å². The molecule has 0 spiro atoms. The number of alkyl carbamates (subject to hydrolysis) is 1. The third-order valence-corrected chi connectivity index (χ3v) is 5.93. The zero-order valence-electron chi connectivity index (χ0n) is 25.2. The number of esters is 1. The van der Waals surface area contributed by atoms with Gasteiger partial charge in [-0.15, -0.1) is 0 Å². The molecule has 12 heteroatoms. The Hall–Kier alpha value is -3.83. The predicted octanol–water partition coefficient (Wildman–Crippen LogP) is 2.92. The summed E-state index contributed by atoms with van der Waals surface area (Å²) in [6.45, 7) is 12.6. The van der Waals surface area contributed by atoms with E-state index in [1.165, 1.54) is 23.1 Å². The van der Waals surface area contributed by atoms with Gasteiger partial charge in [0.25, 0.3) is 0 Å². The number of aromatic hydroxyl groups is 1. The lowest BCUT2D eigenvalue weighted by molar-refractivity contribution is -0.146. The molecule has 0 saturated heterocycles. The van der Waals surface area contributed by atoms with Crippen molar-refractivity contribution in [2.75, 3.05) is 13.2 Å². The maximum Gasteiger partial charge on any atom is 0.408 e. The number of phenols is 1. The second-order valence-corrected chi connectivity index (χ2v) is 11.3. The molecule has 230 valence electrons. The monoisotopic (exact) mass is 578 g/mol. The molecule has 0 fully saturated rings. The summed E-state index contributed by atoms with van der Waals surface area (Å²) in [6.07, 6.45) is -0.358. The molecule has 0 aromatic heterocycles. The summed E-state index contributed by atoms with van der Waals surface area (Å²) >= 11 is 0. The summed E-state index contributed by atoms with van der Waals surface area (Å²) in [5.41, 5.74) is 4.85. The lowest BCUT2D eigenvalue weighted by Crippen LogP contribution is -2.56. The number of carbonyl (C=O) groups excluding carboxylic acids is 5. The van der Waals surface area contributed by atoms with E-state index in [1.54, 1.807) is 40.7 Å². The molecule has 0 aliphatic carbocycles. The second-order valence-electron chi connectivity index (χ2n) is 11.3. The number of benzene rings is 1. The number of rotatable bonds is 15. The first-order valence-electron chi connectivity index (χ1n) is 13.9. The van der Waals surface area contributed by atoms with Crippen molar-refractivity contribution in [3.05, 3.63) is 29.8 Å². The van der Waals surface area contributed by atoms with E-state index in [2.05, 4.69) is 10.6 Å². The van der Waals surface area contributed by atoms with Gasteiger partial charge < -0.3 is 35.8 Å². The van der Waals surface area contributed by atoms with Crippen molar-refractivity contribution >= 4 is 29.8 Å². The first-order valence-corrected chi connectivity index (χ1v) is 13.9. The fourth-order valence-electron chi connectivity index (χ4n) is 4.09. The average molecular weight is 579 g/mol. The number of nitrogens with one attached hydrogen (secondary N) is 2. The number of phenolic OH excluding ortho intramolecular Hbond substituents is 1. The van der Waals surface area contributed by atoms with Gasteiger partial charge in [-0.2, -0.15) is 0 Å². The lowest BCUT2D eigenvalue weighted by atomic mass is 9.96. The highest BCUT2D eigenvalue weighted by molar-refractivity contribution is 5.94. The zero-order chi connectivity index (χ0) is 31.3. The van der Waals surface area contributed by atoms with Crippen LogP contribution in [0.2, 0.25) is 0 Å². The van der Waals surface area contributed by atoms with Gasteiger partial charge in [0.05, 0.1) is 19.4 Å². The van der Waals surface area contributed by atoms with E-state index < -0.39 is 59.9 Å². The normalized spacial score (nSPS) is 13.5. The van der Waals surface area contributed by atoms with Crippen LogP contribution in [0.1, 0.15) is 85.8 Å². The first kappa shape index (κ1) is 35.2. The summed E-state index contributed by atoms with van der Waals surface area (Å²) in [7, 11) is 0. The Kier molecular flexibility index (Phi) is 14.1. The van der Waals surface area contributed by atoms with Crippen LogP contribution in [0, 0.1) is 5.92 Å². The fourth-order valence-corrected chi connectivity index (χ4v) is 4.09. The summed E-state index contributed by atoms with van der Waals surface area (Å²) in [5, 5.41) is 15.3. The SMILES string of the molecule is CCOC(=O)CCNC(=O)C(c1cccc(O)c1)N(C(=O)C(CC(N)=O)NC(=O)OC(C)(C)C)C(C)CCC(C)C. The molecule has 0 saturated carbocycles. The number of nitrogens with two attached hydrogens (primary N) is 1. The highest BCUT2D eigenvalue weighted by atomic mass is 16.6. The van der Waals surface area contributed by atoms with Gasteiger partial charge in [-0.05, 0) is 71.1 Å². The van der Waals surface area contributed by atoms with Gasteiger partial charge >= 0.3 is 12.1 Å². The van der Waals surface area contributed by atoms with Crippen LogP contribution in [0.5, 0.6) is 5.75 Å². The topological polar surface area (TPSA) is 177 Å². The molecule has 1 aromatic carbocycles. The Balaban J connectivity index is 3.57. The molecule has 3 atom stereocenters. The Labute approximate surface area is 242 Å². The molecule has 0 heterocycles. The van der Waals surface area contributed by atoms with E-state index in [9.17, 15) is 29.1 Å². The third kappa shape index (κ3) is 12.9. The molecule has 5 N–H and O–H groups in total. The summed E-state index contributed by atoms with van der Waals surface area (Å²) in [4.78, 5) is 65.6. The van der Waals surface area contributed by atoms with Crippen LogP contribution in [0.3, 0.4) is 0 Å². The molecule has 0 aliphatic heterocycles. The molecule has 1 aromatic rings. The van der Waals surface area contributed by atoms with Crippen LogP contribution < -0.4 is 16.4 Å². The Morgan fingerprint density at radius 1 is 1.07 bits per heavy atom. The minimum absolute atomic E-state index is 0.0593. The minimum atomic E-state index is -1.43. The summed E-state index contributed by atoms with van der Waals surface area (Å²) in [6, 6.07) is 2.62. The standard InChI is InChI=1S/C29H46N4O8/c1-8-40-24(36)14-15-31-26(37)25(20-10-9-11-21(34)16-20)33(19(4)13-12-18(2)3)27(38)22(17-23(30)35)32-28(39)41-29(5,6)7/h9-11,16,18-19,22,25,34H,8,12-15,17H2,1-7H3,(H2,30,35)(H,31,37)(H,32,39). The van der Waals surface area contributed by atoms with Crippen molar-refractivity contribution in [3.63, 3.8) is 0 Å². The van der Waals surface area contributed by atoms with Crippen LogP contribution >= 0.6 is 0 Å². The number of primary amides is 1. The second kappa shape index (κ2) is 16.4. The van der Waals surface area contributed by atoms with E-state index in [1.807, 2.05) is 13.8 Å². The molecule has 3 unspecified atom stereocenters. The zero-order valence-corrected chi connectivity index (χ0v) is 25.2. The quantitative estimate of drug-likeness (QED) is 0.230. The highest BCUT2D eigenvalue weighted by Gasteiger charge is 2.39. The van der Waals surface area contributed by atoms with E-state index in [4.69, 9.17) is 15.2 Å². The molecule has 0 aliphatic rings. The van der Waals surface area contributed by atoms with Crippen molar-refractivity contribution in [3.8, 4) is 5.75 Å². The number of nitrogens with zero attached hydrogens (tertiary/aromatic N) is 1. The van der Waals surface area contributed by atoms with Crippen LogP contribution in [-0.4, -0.2) is 70.6 Å². The van der Waals surface area contributed by atoms with E-state index in [0.29, 0.717) is 18.4 Å². The first-order chi connectivity index (χ1) is 19.0. The van der Waals surface area contributed by atoms with Gasteiger partial charge in [0.2, 0.25) is 17.7 Å². The van der Waals surface area contributed by atoms with Crippen LogP contribution in [0.15, 0.2) is 24.3 Å². The molecule has 1 rings (SSSR count). The Morgan fingerprint density at radius 3 is 2.27 bits per heavy atom. The van der Waals surface area contributed by atoms with E-state index in [0.717, 1.165) is 0 Å². The Morgan fingerprint density at radius 2 is 1.73 bits per heavy atom. The van der Waals surface area contributed by atoms with Gasteiger partial charge in [0.1, 0.15) is 23.4 Å². The number of carbonyl (C=O) groups is 5.